The number of aromatic nitrogens is 2. The zero-order valence-electron chi connectivity index (χ0n) is 17.0. The topological polar surface area (TPSA) is 53.9 Å². The molecule has 3 N–H and O–H groups in total. The van der Waals surface area contributed by atoms with Gasteiger partial charge in [-0.15, -0.1) is 0 Å². The molecule has 5 heteroatoms. The van der Waals surface area contributed by atoms with Crippen LogP contribution in [0, 0.1) is 12.8 Å². The van der Waals surface area contributed by atoms with E-state index in [1.807, 2.05) is 24.4 Å². The third-order valence-corrected chi connectivity index (χ3v) is 5.48. The first kappa shape index (κ1) is 20.4. The van der Waals surface area contributed by atoms with Gasteiger partial charge in [-0.05, 0) is 76.4 Å². The Morgan fingerprint density at radius 2 is 2.07 bits per heavy atom. The lowest BCUT2D eigenvalue weighted by atomic mass is 9.98. The second-order valence-corrected chi connectivity index (χ2v) is 7.62. The quantitative estimate of drug-likeness (QED) is 0.592. The highest BCUT2D eigenvalue weighted by atomic mass is 15.1. The Labute approximate surface area is 169 Å². The molecule has 0 aliphatic carbocycles. The van der Waals surface area contributed by atoms with Gasteiger partial charge in [-0.25, -0.2) is 0 Å². The smallest absolute Gasteiger partial charge is 0.0722 e. The molecular formula is C23H33N5. The number of hydrogen-bond acceptors (Lipinski definition) is 4. The number of nitrogens with zero attached hydrogens (tertiary/aromatic N) is 2. The third-order valence-electron chi connectivity index (χ3n) is 5.48. The van der Waals surface area contributed by atoms with Gasteiger partial charge in [-0.3, -0.25) is 10.3 Å². The van der Waals surface area contributed by atoms with Crippen molar-refractivity contribution in [3.63, 3.8) is 0 Å². The average molecular weight is 380 g/mol. The average Bonchev–Trinajstić information content (AvgIpc) is 3.09. The number of nitrogens with one attached hydrogen (secondary N) is 3. The third kappa shape index (κ3) is 5.81. The Balaban J connectivity index is 1.45. The first-order valence-corrected chi connectivity index (χ1v) is 10.2. The number of pyridine rings is 1. The molecule has 1 fully saturated rings. The maximum atomic E-state index is 4.36. The minimum atomic E-state index is 0.788. The zero-order chi connectivity index (χ0) is 19.8. The Morgan fingerprint density at radius 1 is 1.25 bits per heavy atom. The standard InChI is InChI=1S/C23H33N5/c1-18(7-8-22-6-4-5-12-26-22)27-19(2)23-11-15-28(20(23)3)17-25-16-21-9-13-24-14-10-21/h4-6,11-12,15,21,24-25,27H,1-2,7-10,13-14,16-17H2,3H3. The Bertz CT molecular complexity index is 772. The van der Waals surface area contributed by atoms with Gasteiger partial charge in [0.25, 0.3) is 0 Å². The van der Waals surface area contributed by atoms with Crippen LogP contribution in [-0.2, 0) is 13.1 Å². The summed E-state index contributed by atoms with van der Waals surface area (Å²) < 4.78 is 2.25. The van der Waals surface area contributed by atoms with Gasteiger partial charge in [0.1, 0.15) is 0 Å². The number of aryl methyl sites for hydroxylation is 1. The van der Waals surface area contributed by atoms with Crippen molar-refractivity contribution in [2.45, 2.75) is 39.3 Å². The van der Waals surface area contributed by atoms with E-state index in [4.69, 9.17) is 0 Å². The molecule has 150 valence electrons. The molecule has 0 radical (unpaired) electrons. The van der Waals surface area contributed by atoms with Crippen LogP contribution in [0.4, 0.5) is 0 Å². The van der Waals surface area contributed by atoms with Crippen LogP contribution in [0.5, 0.6) is 0 Å². The highest BCUT2D eigenvalue weighted by molar-refractivity contribution is 5.65. The van der Waals surface area contributed by atoms with E-state index < -0.39 is 0 Å². The van der Waals surface area contributed by atoms with Crippen molar-refractivity contribution in [1.29, 1.82) is 0 Å². The van der Waals surface area contributed by atoms with Gasteiger partial charge in [0.05, 0.1) is 6.67 Å². The monoisotopic (exact) mass is 379 g/mol. The molecule has 0 atom stereocenters. The van der Waals surface area contributed by atoms with Crippen molar-refractivity contribution < 1.29 is 0 Å². The normalized spacial score (nSPS) is 14.8. The minimum Gasteiger partial charge on any atom is -0.359 e. The van der Waals surface area contributed by atoms with Crippen LogP contribution in [-0.4, -0.2) is 29.2 Å². The maximum Gasteiger partial charge on any atom is 0.0722 e. The van der Waals surface area contributed by atoms with E-state index in [1.54, 1.807) is 0 Å². The molecule has 28 heavy (non-hydrogen) atoms. The lowest BCUT2D eigenvalue weighted by Gasteiger charge is -2.23. The van der Waals surface area contributed by atoms with Gasteiger partial charge in [0.2, 0.25) is 0 Å². The van der Waals surface area contributed by atoms with Gasteiger partial charge in [-0.2, -0.15) is 0 Å². The molecule has 2 aromatic heterocycles. The van der Waals surface area contributed by atoms with Crippen molar-refractivity contribution in [2.75, 3.05) is 19.6 Å². The fraction of sp³-hybridized carbons (Fsp3) is 0.435. The van der Waals surface area contributed by atoms with Crippen LogP contribution in [0.2, 0.25) is 0 Å². The highest BCUT2D eigenvalue weighted by Gasteiger charge is 2.13. The predicted octanol–water partition coefficient (Wildman–Crippen LogP) is 3.45. The Hall–Kier alpha value is -2.37. The van der Waals surface area contributed by atoms with Crippen molar-refractivity contribution in [3.05, 3.63) is 72.5 Å². The van der Waals surface area contributed by atoms with Gasteiger partial charge >= 0.3 is 0 Å². The van der Waals surface area contributed by atoms with Crippen LogP contribution in [0.25, 0.3) is 5.70 Å². The summed E-state index contributed by atoms with van der Waals surface area (Å²) in [6, 6.07) is 8.13. The molecular weight excluding hydrogens is 346 g/mol. The summed E-state index contributed by atoms with van der Waals surface area (Å²) in [7, 11) is 0. The largest absolute Gasteiger partial charge is 0.359 e. The van der Waals surface area contributed by atoms with E-state index in [2.05, 4.69) is 57.8 Å². The predicted molar refractivity (Wildman–Crippen MR) is 117 cm³/mol. The van der Waals surface area contributed by atoms with E-state index in [0.717, 1.165) is 67.7 Å². The van der Waals surface area contributed by atoms with E-state index in [0.29, 0.717) is 0 Å². The molecule has 0 amide bonds. The van der Waals surface area contributed by atoms with E-state index in [1.165, 1.54) is 18.5 Å². The molecule has 5 nitrogen and oxygen atoms in total. The molecule has 0 spiro atoms. The van der Waals surface area contributed by atoms with E-state index >= 15 is 0 Å². The first-order valence-electron chi connectivity index (χ1n) is 10.2. The second kappa shape index (κ2) is 10.2. The summed E-state index contributed by atoms with van der Waals surface area (Å²) in [5.41, 5.74) is 5.31. The SMILES string of the molecule is C=C(CCc1ccccn1)NC(=C)c1ccn(CNCC2CCNCC2)c1C. The van der Waals surface area contributed by atoms with Gasteiger partial charge < -0.3 is 15.2 Å². The van der Waals surface area contributed by atoms with E-state index in [-0.39, 0.29) is 0 Å². The second-order valence-electron chi connectivity index (χ2n) is 7.62. The Morgan fingerprint density at radius 3 is 2.82 bits per heavy atom. The van der Waals surface area contributed by atoms with Crippen LogP contribution in [0.1, 0.15) is 36.2 Å². The number of rotatable bonds is 10. The number of allylic oxidation sites excluding steroid dienone is 1. The van der Waals surface area contributed by atoms with Crippen molar-refractivity contribution >= 4 is 5.70 Å². The fourth-order valence-electron chi connectivity index (χ4n) is 3.69. The summed E-state index contributed by atoms with van der Waals surface area (Å²) in [4.78, 5) is 4.36. The minimum absolute atomic E-state index is 0.788. The van der Waals surface area contributed by atoms with Crippen molar-refractivity contribution in [3.8, 4) is 0 Å². The summed E-state index contributed by atoms with van der Waals surface area (Å²) in [5.74, 6) is 0.788. The molecule has 0 bridgehead atoms. The van der Waals surface area contributed by atoms with Crippen LogP contribution < -0.4 is 16.0 Å². The first-order chi connectivity index (χ1) is 13.6. The molecule has 0 unspecified atom stereocenters. The lowest BCUT2D eigenvalue weighted by molar-refractivity contribution is 0.345. The van der Waals surface area contributed by atoms with Crippen molar-refractivity contribution in [2.24, 2.45) is 5.92 Å². The van der Waals surface area contributed by atoms with Crippen LogP contribution in [0.15, 0.2) is 55.5 Å². The van der Waals surface area contributed by atoms with Crippen LogP contribution >= 0.6 is 0 Å². The van der Waals surface area contributed by atoms with Crippen molar-refractivity contribution in [1.82, 2.24) is 25.5 Å². The summed E-state index contributed by atoms with van der Waals surface area (Å²) >= 11 is 0. The fourth-order valence-corrected chi connectivity index (χ4v) is 3.69. The van der Waals surface area contributed by atoms with Gasteiger partial charge in [-0.1, -0.05) is 19.2 Å². The molecule has 1 aliphatic heterocycles. The van der Waals surface area contributed by atoms with Crippen LogP contribution in [0.3, 0.4) is 0 Å². The molecule has 3 rings (SSSR count). The molecule has 2 aromatic rings. The number of piperidine rings is 1. The molecule has 3 heterocycles. The summed E-state index contributed by atoms with van der Waals surface area (Å²) in [6.45, 7) is 14.7. The van der Waals surface area contributed by atoms with E-state index in [9.17, 15) is 0 Å². The molecule has 1 saturated heterocycles. The summed E-state index contributed by atoms with van der Waals surface area (Å²) in [6.07, 6.45) is 8.21. The highest BCUT2D eigenvalue weighted by Crippen LogP contribution is 2.18. The van der Waals surface area contributed by atoms with Gasteiger partial charge in [0, 0.05) is 40.7 Å². The molecule has 0 saturated carbocycles. The maximum absolute atomic E-state index is 4.36. The number of hydrogen-bond donors (Lipinski definition) is 3. The molecule has 0 aromatic carbocycles. The Kier molecular flexibility index (Phi) is 7.46. The zero-order valence-corrected chi connectivity index (χ0v) is 17.0. The molecule has 1 aliphatic rings. The van der Waals surface area contributed by atoms with Gasteiger partial charge in [0.15, 0.2) is 0 Å². The lowest BCUT2D eigenvalue weighted by Crippen LogP contribution is -2.34. The summed E-state index contributed by atoms with van der Waals surface area (Å²) in [5, 5.41) is 10.4.